The molecule has 6 heteroatoms. The quantitative estimate of drug-likeness (QED) is 0.823. The van der Waals surface area contributed by atoms with Gasteiger partial charge < -0.3 is 4.57 Å². The van der Waals surface area contributed by atoms with Gasteiger partial charge in [0.2, 0.25) is 10.0 Å². The molecule has 0 radical (unpaired) electrons. The first-order chi connectivity index (χ1) is 12.0. The number of aromatic nitrogens is 2. The number of imidazole rings is 1. The molecule has 1 saturated heterocycles. The summed E-state index contributed by atoms with van der Waals surface area (Å²) in [5, 5.41) is 0. The number of benzene rings is 1. The standard InChI is InChI=1S/C19H25N3O2S/c1-15-12-20-19(17-9-10-17)22(15)18-8-5-11-21(13-18)25(23,24)14-16-6-3-2-4-7-16/h2-4,6-7,12,17-18H,5,8-11,13-14H2,1H3. The number of aryl methyl sites for hydroxylation is 1. The third-order valence-electron chi connectivity index (χ3n) is 5.26. The number of sulfonamides is 1. The third kappa shape index (κ3) is 3.51. The van der Waals surface area contributed by atoms with E-state index in [1.165, 1.54) is 12.8 Å². The van der Waals surface area contributed by atoms with Gasteiger partial charge in [-0.05, 0) is 38.2 Å². The van der Waals surface area contributed by atoms with Crippen LogP contribution < -0.4 is 0 Å². The van der Waals surface area contributed by atoms with Gasteiger partial charge in [-0.25, -0.2) is 13.4 Å². The van der Waals surface area contributed by atoms with Crippen LogP contribution >= 0.6 is 0 Å². The molecule has 1 unspecified atom stereocenters. The van der Waals surface area contributed by atoms with Gasteiger partial charge in [-0.2, -0.15) is 4.31 Å². The zero-order chi connectivity index (χ0) is 17.4. The molecule has 2 aromatic rings. The fraction of sp³-hybridized carbons (Fsp3) is 0.526. The van der Waals surface area contributed by atoms with Crippen LogP contribution in [0.3, 0.4) is 0 Å². The smallest absolute Gasteiger partial charge is 0.218 e. The summed E-state index contributed by atoms with van der Waals surface area (Å²) in [5.74, 6) is 1.81. The molecule has 4 rings (SSSR count). The molecule has 134 valence electrons. The predicted octanol–water partition coefficient (Wildman–Crippen LogP) is 3.24. The number of hydrogen-bond donors (Lipinski definition) is 0. The SMILES string of the molecule is Cc1cnc(C2CC2)n1C1CCCN(S(=O)(=O)Cc2ccccc2)C1. The van der Waals surface area contributed by atoms with Crippen LogP contribution in [-0.2, 0) is 15.8 Å². The minimum Gasteiger partial charge on any atom is -0.328 e. The Bertz CT molecular complexity index is 841. The summed E-state index contributed by atoms with van der Waals surface area (Å²) in [4.78, 5) is 4.60. The zero-order valence-corrected chi connectivity index (χ0v) is 15.5. The highest BCUT2D eigenvalue weighted by atomic mass is 32.2. The van der Waals surface area contributed by atoms with E-state index in [9.17, 15) is 8.42 Å². The highest BCUT2D eigenvalue weighted by Crippen LogP contribution is 2.41. The van der Waals surface area contributed by atoms with Crippen LogP contribution in [0.2, 0.25) is 0 Å². The van der Waals surface area contributed by atoms with Gasteiger partial charge in [0.25, 0.3) is 0 Å². The minimum absolute atomic E-state index is 0.0823. The predicted molar refractivity (Wildman–Crippen MR) is 97.8 cm³/mol. The lowest BCUT2D eigenvalue weighted by atomic mass is 10.1. The van der Waals surface area contributed by atoms with Gasteiger partial charge in [0.05, 0.1) is 5.75 Å². The molecule has 5 nitrogen and oxygen atoms in total. The summed E-state index contributed by atoms with van der Waals surface area (Å²) in [6.45, 7) is 3.26. The number of piperidine rings is 1. The summed E-state index contributed by atoms with van der Waals surface area (Å²) in [6, 6.07) is 9.65. The second-order valence-corrected chi connectivity index (χ2v) is 9.27. The largest absolute Gasteiger partial charge is 0.328 e. The van der Waals surface area contributed by atoms with Crippen molar-refractivity contribution in [1.82, 2.24) is 13.9 Å². The summed E-state index contributed by atoms with van der Waals surface area (Å²) in [7, 11) is -3.29. The van der Waals surface area contributed by atoms with Gasteiger partial charge >= 0.3 is 0 Å². The maximum atomic E-state index is 12.9. The van der Waals surface area contributed by atoms with Gasteiger partial charge in [-0.3, -0.25) is 0 Å². The van der Waals surface area contributed by atoms with E-state index in [4.69, 9.17) is 0 Å². The Morgan fingerprint density at radius 1 is 1.16 bits per heavy atom. The molecule has 1 aliphatic heterocycles. The van der Waals surface area contributed by atoms with Gasteiger partial charge in [-0.1, -0.05) is 30.3 Å². The summed E-state index contributed by atoms with van der Waals surface area (Å²) < 4.78 is 29.8. The molecular formula is C19H25N3O2S. The van der Waals surface area contributed by atoms with Crippen LogP contribution in [-0.4, -0.2) is 35.4 Å². The molecule has 1 aromatic carbocycles. The van der Waals surface area contributed by atoms with Gasteiger partial charge in [0, 0.05) is 36.9 Å². The Kier molecular flexibility index (Phi) is 4.41. The van der Waals surface area contributed by atoms with Gasteiger partial charge in [0.15, 0.2) is 0 Å². The molecule has 0 amide bonds. The van der Waals surface area contributed by atoms with E-state index >= 15 is 0 Å². The van der Waals surface area contributed by atoms with Gasteiger partial charge in [0.1, 0.15) is 5.82 Å². The highest BCUT2D eigenvalue weighted by molar-refractivity contribution is 7.88. The summed E-state index contributed by atoms with van der Waals surface area (Å²) >= 11 is 0. The van der Waals surface area contributed by atoms with Crippen LogP contribution in [0.5, 0.6) is 0 Å². The molecular weight excluding hydrogens is 334 g/mol. The molecule has 0 bridgehead atoms. The van der Waals surface area contributed by atoms with Crippen molar-refractivity contribution in [3.05, 3.63) is 53.6 Å². The van der Waals surface area contributed by atoms with Crippen molar-refractivity contribution < 1.29 is 8.42 Å². The first-order valence-electron chi connectivity index (χ1n) is 9.10. The zero-order valence-electron chi connectivity index (χ0n) is 14.6. The molecule has 25 heavy (non-hydrogen) atoms. The van der Waals surface area contributed by atoms with E-state index in [1.54, 1.807) is 4.31 Å². The van der Waals surface area contributed by atoms with Crippen molar-refractivity contribution in [2.24, 2.45) is 0 Å². The molecule has 2 heterocycles. The molecule has 1 saturated carbocycles. The highest BCUT2D eigenvalue weighted by Gasteiger charge is 2.35. The lowest BCUT2D eigenvalue weighted by molar-refractivity contribution is 0.260. The Morgan fingerprint density at radius 2 is 1.92 bits per heavy atom. The van der Waals surface area contributed by atoms with E-state index < -0.39 is 10.0 Å². The van der Waals surface area contributed by atoms with E-state index in [1.807, 2.05) is 36.5 Å². The van der Waals surface area contributed by atoms with Gasteiger partial charge in [-0.15, -0.1) is 0 Å². The molecule has 0 spiro atoms. The Labute approximate surface area is 149 Å². The molecule has 1 atom stereocenters. The monoisotopic (exact) mass is 359 g/mol. The first kappa shape index (κ1) is 16.8. The van der Waals surface area contributed by atoms with Crippen LogP contribution in [0, 0.1) is 6.92 Å². The Hall–Kier alpha value is -1.66. The Balaban J connectivity index is 1.54. The minimum atomic E-state index is -3.29. The number of rotatable bonds is 5. The molecule has 1 aliphatic carbocycles. The summed E-state index contributed by atoms with van der Waals surface area (Å²) in [6.07, 6.45) is 6.28. The second kappa shape index (κ2) is 6.57. The maximum absolute atomic E-state index is 12.9. The molecule has 1 aromatic heterocycles. The number of hydrogen-bond acceptors (Lipinski definition) is 3. The van der Waals surface area contributed by atoms with E-state index in [0.717, 1.165) is 29.9 Å². The fourth-order valence-electron chi connectivity index (χ4n) is 3.84. The molecule has 2 fully saturated rings. The van der Waals surface area contributed by atoms with E-state index in [2.05, 4.69) is 16.5 Å². The third-order valence-corrected chi connectivity index (χ3v) is 7.08. The van der Waals surface area contributed by atoms with Crippen LogP contribution in [0.1, 0.15) is 54.7 Å². The maximum Gasteiger partial charge on any atom is 0.218 e. The molecule has 2 aliphatic rings. The number of nitrogens with zero attached hydrogens (tertiary/aromatic N) is 3. The summed E-state index contributed by atoms with van der Waals surface area (Å²) in [5.41, 5.74) is 2.00. The average molecular weight is 359 g/mol. The van der Waals surface area contributed by atoms with Crippen LogP contribution in [0.4, 0.5) is 0 Å². The average Bonchev–Trinajstić information content (AvgIpc) is 3.38. The lowest BCUT2D eigenvalue weighted by Gasteiger charge is -2.34. The lowest BCUT2D eigenvalue weighted by Crippen LogP contribution is -2.41. The van der Waals surface area contributed by atoms with Crippen molar-refractivity contribution >= 4 is 10.0 Å². The van der Waals surface area contributed by atoms with E-state index in [0.29, 0.717) is 19.0 Å². The topological polar surface area (TPSA) is 55.2 Å². The van der Waals surface area contributed by atoms with Crippen molar-refractivity contribution in [3.63, 3.8) is 0 Å². The van der Waals surface area contributed by atoms with Crippen molar-refractivity contribution in [1.29, 1.82) is 0 Å². The van der Waals surface area contributed by atoms with Crippen LogP contribution in [0.25, 0.3) is 0 Å². The van der Waals surface area contributed by atoms with E-state index in [-0.39, 0.29) is 11.8 Å². The van der Waals surface area contributed by atoms with Crippen molar-refractivity contribution in [3.8, 4) is 0 Å². The van der Waals surface area contributed by atoms with Crippen LogP contribution in [0.15, 0.2) is 36.5 Å². The Morgan fingerprint density at radius 3 is 2.64 bits per heavy atom. The second-order valence-electron chi connectivity index (χ2n) is 7.30. The van der Waals surface area contributed by atoms with Crippen molar-refractivity contribution in [2.45, 2.75) is 50.3 Å². The van der Waals surface area contributed by atoms with Crippen molar-refractivity contribution in [2.75, 3.05) is 13.1 Å². The molecule has 0 N–H and O–H groups in total. The first-order valence-corrected chi connectivity index (χ1v) is 10.7. The fourth-order valence-corrected chi connectivity index (χ4v) is 5.45. The normalized spacial score (nSPS) is 22.2.